The van der Waals surface area contributed by atoms with E-state index >= 15 is 0 Å². The van der Waals surface area contributed by atoms with Crippen molar-refractivity contribution >= 4 is 29.3 Å². The van der Waals surface area contributed by atoms with E-state index in [0.29, 0.717) is 5.75 Å². The molecule has 0 spiro atoms. The average Bonchev–Trinajstić information content (AvgIpc) is 2.42. The van der Waals surface area contributed by atoms with Crippen molar-refractivity contribution < 1.29 is 14.7 Å². The van der Waals surface area contributed by atoms with E-state index in [1.165, 1.54) is 16.7 Å². The number of hydrogen-bond donors (Lipinski definition) is 2. The first-order valence-corrected chi connectivity index (χ1v) is 7.03. The van der Waals surface area contributed by atoms with Gasteiger partial charge in [0, 0.05) is 10.9 Å². The zero-order valence-corrected chi connectivity index (χ0v) is 11.4. The molecule has 1 aromatic rings. The van der Waals surface area contributed by atoms with Crippen LogP contribution in [0, 0.1) is 0 Å². The lowest BCUT2D eigenvalue weighted by molar-refractivity contribution is -0.123. The Morgan fingerprint density at radius 3 is 3.00 bits per heavy atom. The summed E-state index contributed by atoms with van der Waals surface area (Å²) in [5.41, 5.74) is 0.774. The molecule has 1 atom stereocenters. The van der Waals surface area contributed by atoms with Gasteiger partial charge in [0.25, 0.3) is 0 Å². The quantitative estimate of drug-likeness (QED) is 0.848. The van der Waals surface area contributed by atoms with Gasteiger partial charge in [-0.1, -0.05) is 12.1 Å². The van der Waals surface area contributed by atoms with E-state index in [2.05, 4.69) is 5.32 Å². The lowest BCUT2D eigenvalue weighted by atomic mass is 10.2. The molecule has 0 bridgehead atoms. The van der Waals surface area contributed by atoms with Gasteiger partial charge in [-0.25, -0.2) is 0 Å². The number of rotatable bonds is 4. The average molecular weight is 280 g/mol. The maximum atomic E-state index is 11.9. The number of anilines is 1. The number of benzene rings is 1. The molecule has 0 fully saturated rings. The van der Waals surface area contributed by atoms with Gasteiger partial charge in [0.15, 0.2) is 0 Å². The SMILES string of the molecule is CC(CO)NC(=O)CN1C(=O)CSc2ccccc21. The summed E-state index contributed by atoms with van der Waals surface area (Å²) in [5.74, 6) is 0.00643. The highest BCUT2D eigenvalue weighted by Crippen LogP contribution is 2.34. The van der Waals surface area contributed by atoms with Gasteiger partial charge >= 0.3 is 0 Å². The number of carbonyl (C=O) groups is 2. The summed E-state index contributed by atoms with van der Waals surface area (Å²) in [6.07, 6.45) is 0. The fourth-order valence-electron chi connectivity index (χ4n) is 1.84. The molecule has 0 aromatic heterocycles. The molecule has 19 heavy (non-hydrogen) atoms. The number of nitrogens with one attached hydrogen (secondary N) is 1. The highest BCUT2D eigenvalue weighted by atomic mass is 32.2. The van der Waals surface area contributed by atoms with Crippen LogP contribution in [0.25, 0.3) is 0 Å². The van der Waals surface area contributed by atoms with Crippen molar-refractivity contribution in [3.8, 4) is 0 Å². The van der Waals surface area contributed by atoms with Crippen LogP contribution in [0.5, 0.6) is 0 Å². The molecule has 2 rings (SSSR count). The smallest absolute Gasteiger partial charge is 0.240 e. The van der Waals surface area contributed by atoms with Crippen LogP contribution in [0.1, 0.15) is 6.92 Å². The fraction of sp³-hybridized carbons (Fsp3) is 0.385. The molecule has 102 valence electrons. The molecule has 0 saturated heterocycles. The molecule has 0 aliphatic carbocycles. The second-order valence-corrected chi connectivity index (χ2v) is 5.40. The molecule has 2 N–H and O–H groups in total. The highest BCUT2D eigenvalue weighted by molar-refractivity contribution is 8.00. The summed E-state index contributed by atoms with van der Waals surface area (Å²) in [7, 11) is 0. The number of aliphatic hydroxyl groups is 1. The van der Waals surface area contributed by atoms with Crippen LogP contribution in [-0.2, 0) is 9.59 Å². The van der Waals surface area contributed by atoms with E-state index < -0.39 is 0 Å². The Balaban J connectivity index is 2.11. The maximum Gasteiger partial charge on any atom is 0.240 e. The van der Waals surface area contributed by atoms with Crippen molar-refractivity contribution in [3.63, 3.8) is 0 Å². The number of carbonyl (C=O) groups excluding carboxylic acids is 2. The van der Waals surface area contributed by atoms with Gasteiger partial charge < -0.3 is 15.3 Å². The fourth-order valence-corrected chi connectivity index (χ4v) is 2.77. The minimum absolute atomic E-state index is 0.0131. The molecular weight excluding hydrogens is 264 g/mol. The van der Waals surface area contributed by atoms with Crippen LogP contribution < -0.4 is 10.2 Å². The van der Waals surface area contributed by atoms with E-state index in [9.17, 15) is 9.59 Å². The zero-order chi connectivity index (χ0) is 13.8. The third kappa shape index (κ3) is 3.27. The Hall–Kier alpha value is -1.53. The van der Waals surface area contributed by atoms with E-state index in [1.807, 2.05) is 24.3 Å². The molecular formula is C13H16N2O3S. The van der Waals surface area contributed by atoms with Crippen LogP contribution in [0.3, 0.4) is 0 Å². The van der Waals surface area contributed by atoms with Crippen molar-refractivity contribution in [1.82, 2.24) is 5.32 Å². The van der Waals surface area contributed by atoms with Crippen LogP contribution in [0.15, 0.2) is 29.2 Å². The summed E-state index contributed by atoms with van der Waals surface area (Å²) in [5, 5.41) is 11.5. The van der Waals surface area contributed by atoms with Gasteiger partial charge in [0.05, 0.1) is 18.0 Å². The van der Waals surface area contributed by atoms with E-state index in [1.54, 1.807) is 6.92 Å². The van der Waals surface area contributed by atoms with Gasteiger partial charge in [-0.15, -0.1) is 11.8 Å². The summed E-state index contributed by atoms with van der Waals surface area (Å²) < 4.78 is 0. The van der Waals surface area contributed by atoms with Gasteiger partial charge in [0.1, 0.15) is 6.54 Å². The van der Waals surface area contributed by atoms with Gasteiger partial charge in [-0.3, -0.25) is 9.59 Å². The third-order valence-corrected chi connectivity index (χ3v) is 3.84. The monoisotopic (exact) mass is 280 g/mol. The molecule has 1 aromatic carbocycles. The number of amides is 2. The molecule has 6 heteroatoms. The molecule has 1 aliphatic rings. The van der Waals surface area contributed by atoms with Crippen LogP contribution >= 0.6 is 11.8 Å². The molecule has 1 aliphatic heterocycles. The van der Waals surface area contributed by atoms with E-state index in [0.717, 1.165) is 10.6 Å². The first kappa shape index (κ1) is 13.9. The number of para-hydroxylation sites is 1. The zero-order valence-electron chi connectivity index (χ0n) is 10.6. The predicted octanol–water partition coefficient (Wildman–Crippen LogP) is 0.622. The predicted molar refractivity (Wildman–Crippen MR) is 74.2 cm³/mol. The molecule has 0 radical (unpaired) electrons. The van der Waals surface area contributed by atoms with Crippen molar-refractivity contribution in [1.29, 1.82) is 0 Å². The molecule has 0 saturated carbocycles. The van der Waals surface area contributed by atoms with Gasteiger partial charge in [-0.05, 0) is 19.1 Å². The molecule has 1 heterocycles. The second-order valence-electron chi connectivity index (χ2n) is 4.39. The molecule has 1 unspecified atom stereocenters. The van der Waals surface area contributed by atoms with E-state index in [4.69, 9.17) is 5.11 Å². The minimum atomic E-state index is -0.308. The first-order chi connectivity index (χ1) is 9.11. The summed E-state index contributed by atoms with van der Waals surface area (Å²) in [6.45, 7) is 1.58. The van der Waals surface area contributed by atoms with Crippen molar-refractivity contribution in [3.05, 3.63) is 24.3 Å². The Labute approximate surface area is 116 Å². The lowest BCUT2D eigenvalue weighted by Gasteiger charge is -2.28. The molecule has 5 nitrogen and oxygen atoms in total. The summed E-state index contributed by atoms with van der Waals surface area (Å²) in [6, 6.07) is 7.22. The number of hydrogen-bond acceptors (Lipinski definition) is 4. The summed E-state index contributed by atoms with van der Waals surface area (Å²) in [4.78, 5) is 26.2. The van der Waals surface area contributed by atoms with Crippen LogP contribution in [-0.4, -0.2) is 41.9 Å². The van der Waals surface area contributed by atoms with Crippen LogP contribution in [0.2, 0.25) is 0 Å². The Morgan fingerprint density at radius 1 is 1.53 bits per heavy atom. The highest BCUT2D eigenvalue weighted by Gasteiger charge is 2.26. The number of nitrogens with zero attached hydrogens (tertiary/aromatic N) is 1. The maximum absolute atomic E-state index is 11.9. The second kappa shape index (κ2) is 6.08. The first-order valence-electron chi connectivity index (χ1n) is 6.04. The van der Waals surface area contributed by atoms with Gasteiger partial charge in [-0.2, -0.15) is 0 Å². The standard InChI is InChI=1S/C13H16N2O3S/c1-9(7-16)14-12(17)6-15-10-4-2-3-5-11(10)19-8-13(15)18/h2-5,9,16H,6-8H2,1H3,(H,14,17). The topological polar surface area (TPSA) is 69.6 Å². The van der Waals surface area contributed by atoms with E-state index in [-0.39, 0.29) is 31.0 Å². The largest absolute Gasteiger partial charge is 0.394 e. The van der Waals surface area contributed by atoms with Crippen molar-refractivity contribution in [2.24, 2.45) is 0 Å². The Bertz CT molecular complexity index is 493. The lowest BCUT2D eigenvalue weighted by Crippen LogP contribution is -2.46. The Kier molecular flexibility index (Phi) is 4.44. The Morgan fingerprint density at radius 2 is 2.26 bits per heavy atom. The van der Waals surface area contributed by atoms with Crippen molar-refractivity contribution in [2.45, 2.75) is 17.9 Å². The molecule has 2 amide bonds. The third-order valence-electron chi connectivity index (χ3n) is 2.79. The number of fused-ring (bicyclic) bond motifs is 1. The number of thioether (sulfide) groups is 1. The van der Waals surface area contributed by atoms with Gasteiger partial charge in [0.2, 0.25) is 11.8 Å². The normalized spacial score (nSPS) is 15.9. The summed E-state index contributed by atoms with van der Waals surface area (Å²) >= 11 is 1.48. The van der Waals surface area contributed by atoms with Crippen molar-refractivity contribution in [2.75, 3.05) is 23.8 Å². The number of aliphatic hydroxyl groups excluding tert-OH is 1. The minimum Gasteiger partial charge on any atom is -0.394 e. The van der Waals surface area contributed by atoms with Crippen LogP contribution in [0.4, 0.5) is 5.69 Å².